The summed E-state index contributed by atoms with van der Waals surface area (Å²) in [5, 5.41) is 21.0. The van der Waals surface area contributed by atoms with Crippen molar-refractivity contribution in [2.75, 3.05) is 0 Å². The summed E-state index contributed by atoms with van der Waals surface area (Å²) in [6.45, 7) is -0.250. The van der Waals surface area contributed by atoms with Crippen LogP contribution in [0.2, 0.25) is 0 Å². The second-order valence-corrected chi connectivity index (χ2v) is 6.27. The fourth-order valence-electron chi connectivity index (χ4n) is 3.12. The normalized spacial score (nSPS) is 11.2. The first-order valence-electron chi connectivity index (χ1n) is 8.91. The lowest BCUT2D eigenvalue weighted by molar-refractivity contribution is -0.122. The number of benzene rings is 2. The molecule has 0 amide bonds. The molecule has 3 N–H and O–H groups in total. The summed E-state index contributed by atoms with van der Waals surface area (Å²) in [6, 6.07) is 19.1. The van der Waals surface area contributed by atoms with Crippen LogP contribution < -0.4 is 5.73 Å². The molecule has 1 unspecified atom stereocenters. The van der Waals surface area contributed by atoms with Gasteiger partial charge in [0.25, 0.3) is 6.47 Å². The molecule has 2 heterocycles. The highest BCUT2D eigenvalue weighted by Gasteiger charge is 2.19. The Kier molecular flexibility index (Phi) is 6.47. The van der Waals surface area contributed by atoms with Gasteiger partial charge < -0.3 is 15.4 Å². The molecule has 0 aliphatic rings. The van der Waals surface area contributed by atoms with Crippen LogP contribution in [0.1, 0.15) is 23.0 Å². The summed E-state index contributed by atoms with van der Waals surface area (Å²) in [7, 11) is 0. The number of carbonyl (C=O) groups is 1. The predicted molar refractivity (Wildman–Crippen MR) is 108 cm³/mol. The van der Waals surface area contributed by atoms with Crippen molar-refractivity contribution in [1.29, 1.82) is 5.26 Å². The lowest BCUT2D eigenvalue weighted by Gasteiger charge is -2.15. The van der Waals surface area contributed by atoms with Gasteiger partial charge in [-0.1, -0.05) is 41.6 Å². The Labute approximate surface area is 171 Å². The summed E-state index contributed by atoms with van der Waals surface area (Å²) < 4.78 is 19.5. The molecule has 0 aliphatic heterocycles. The Morgan fingerprint density at radius 1 is 1.17 bits per heavy atom. The minimum atomic E-state index is -0.521. The van der Waals surface area contributed by atoms with Crippen LogP contribution in [0.5, 0.6) is 0 Å². The van der Waals surface area contributed by atoms with Crippen LogP contribution >= 0.6 is 0 Å². The van der Waals surface area contributed by atoms with Gasteiger partial charge in [-0.3, -0.25) is 4.79 Å². The Hall–Kier alpha value is -4.09. The van der Waals surface area contributed by atoms with E-state index in [1.165, 1.54) is 12.1 Å². The minimum absolute atomic E-state index is 0.161. The molecule has 8 heteroatoms. The van der Waals surface area contributed by atoms with Gasteiger partial charge in [0, 0.05) is 23.4 Å². The zero-order chi connectivity index (χ0) is 21.5. The van der Waals surface area contributed by atoms with Crippen LogP contribution in [0.3, 0.4) is 0 Å². The number of aromatic nitrogens is 2. The number of halogens is 1. The van der Waals surface area contributed by atoms with Crippen LogP contribution in [0.15, 0.2) is 65.2 Å². The molecule has 0 saturated heterocycles. The van der Waals surface area contributed by atoms with Crippen LogP contribution in [0, 0.1) is 17.1 Å². The number of carboxylic acid groups (broad SMARTS) is 1. The average Bonchev–Trinajstić information content (AvgIpc) is 3.20. The molecule has 4 aromatic rings. The van der Waals surface area contributed by atoms with E-state index in [9.17, 15) is 4.39 Å². The van der Waals surface area contributed by atoms with Crippen LogP contribution in [0.25, 0.3) is 22.2 Å². The molecule has 0 bridgehead atoms. The highest BCUT2D eigenvalue weighted by Crippen LogP contribution is 2.33. The van der Waals surface area contributed by atoms with Crippen molar-refractivity contribution in [3.63, 3.8) is 0 Å². The molecule has 7 nitrogen and oxygen atoms in total. The van der Waals surface area contributed by atoms with Crippen molar-refractivity contribution in [3.05, 3.63) is 83.4 Å². The van der Waals surface area contributed by atoms with E-state index in [0.29, 0.717) is 11.3 Å². The van der Waals surface area contributed by atoms with Crippen molar-refractivity contribution in [2.45, 2.75) is 12.5 Å². The fraction of sp³-hybridized carbons (Fsp3) is 0.0909. The minimum Gasteiger partial charge on any atom is -0.483 e. The number of nitrogens with zero attached hydrogens (tertiary/aromatic N) is 3. The van der Waals surface area contributed by atoms with E-state index in [1.807, 2.05) is 54.6 Å². The van der Waals surface area contributed by atoms with Crippen molar-refractivity contribution in [2.24, 2.45) is 5.73 Å². The number of rotatable bonds is 4. The molecule has 30 heavy (non-hydrogen) atoms. The summed E-state index contributed by atoms with van der Waals surface area (Å²) in [5.74, 6) is -0.478. The number of hydrogen-bond acceptors (Lipinski definition) is 6. The van der Waals surface area contributed by atoms with Gasteiger partial charge in [0.1, 0.15) is 23.3 Å². The van der Waals surface area contributed by atoms with Crippen LogP contribution in [-0.4, -0.2) is 21.7 Å². The van der Waals surface area contributed by atoms with Gasteiger partial charge in [-0.05, 0) is 29.8 Å². The molecule has 0 radical (unpaired) electrons. The zero-order valence-electron chi connectivity index (χ0n) is 15.7. The molecule has 2 aromatic carbocycles. The molecular formula is C22H17FN4O3. The average molecular weight is 404 g/mol. The van der Waals surface area contributed by atoms with E-state index < -0.39 is 11.9 Å². The second kappa shape index (κ2) is 9.41. The smallest absolute Gasteiger partial charge is 0.290 e. The van der Waals surface area contributed by atoms with Crippen molar-refractivity contribution in [3.8, 4) is 17.3 Å². The Morgan fingerprint density at radius 3 is 2.63 bits per heavy atom. The molecule has 1 atom stereocenters. The Morgan fingerprint density at radius 2 is 1.87 bits per heavy atom. The van der Waals surface area contributed by atoms with Crippen LogP contribution in [-0.2, 0) is 11.2 Å². The van der Waals surface area contributed by atoms with Gasteiger partial charge in [0.15, 0.2) is 5.58 Å². The number of pyridine rings is 1. The third kappa shape index (κ3) is 4.32. The fourth-order valence-corrected chi connectivity index (χ4v) is 3.12. The maximum Gasteiger partial charge on any atom is 0.290 e. The molecule has 0 aliphatic carbocycles. The molecule has 0 spiro atoms. The molecule has 2 aromatic heterocycles. The van der Waals surface area contributed by atoms with E-state index >= 15 is 0 Å². The largest absolute Gasteiger partial charge is 0.483 e. The van der Waals surface area contributed by atoms with E-state index in [2.05, 4.69) is 10.1 Å². The first-order chi connectivity index (χ1) is 14.6. The summed E-state index contributed by atoms with van der Waals surface area (Å²) >= 11 is 0. The van der Waals surface area contributed by atoms with Gasteiger partial charge in [0.2, 0.25) is 0 Å². The van der Waals surface area contributed by atoms with Crippen LogP contribution in [0.4, 0.5) is 4.39 Å². The van der Waals surface area contributed by atoms with Gasteiger partial charge in [-0.2, -0.15) is 5.26 Å². The Bertz CT molecular complexity index is 1220. The lowest BCUT2D eigenvalue weighted by atomic mass is 9.94. The van der Waals surface area contributed by atoms with Crippen molar-refractivity contribution in [1.82, 2.24) is 10.1 Å². The second-order valence-electron chi connectivity index (χ2n) is 6.27. The highest BCUT2D eigenvalue weighted by molar-refractivity contribution is 5.92. The molecule has 0 fully saturated rings. The zero-order valence-corrected chi connectivity index (χ0v) is 15.7. The van der Waals surface area contributed by atoms with Crippen molar-refractivity contribution < 1.29 is 18.8 Å². The van der Waals surface area contributed by atoms with Gasteiger partial charge in [-0.25, -0.2) is 9.37 Å². The maximum atomic E-state index is 14.1. The third-order valence-electron chi connectivity index (χ3n) is 4.44. The monoisotopic (exact) mass is 404 g/mol. The number of para-hydroxylation sites is 1. The van der Waals surface area contributed by atoms with E-state index in [1.54, 1.807) is 0 Å². The highest BCUT2D eigenvalue weighted by atomic mass is 19.1. The first-order valence-corrected chi connectivity index (χ1v) is 8.91. The number of fused-ring (bicyclic) bond motifs is 1. The first kappa shape index (κ1) is 20.6. The quantitative estimate of drug-likeness (QED) is 0.495. The lowest BCUT2D eigenvalue weighted by Crippen LogP contribution is -2.16. The number of nitriles is 1. The maximum absolute atomic E-state index is 14.1. The standard InChI is InChI=1S/C21H15FN4O.CH2O2/c22-17-10-9-13(12-23)25-19(17)11-18(24)14-5-1-2-6-15(14)21-16-7-3-4-8-20(16)27-26-21;2-1-3/h1-10,18H,11,24H2;1H,(H,2,3). The molecule has 150 valence electrons. The summed E-state index contributed by atoms with van der Waals surface area (Å²) in [4.78, 5) is 12.4. The van der Waals surface area contributed by atoms with E-state index in [4.69, 9.17) is 25.4 Å². The topological polar surface area (TPSA) is 126 Å². The number of hydrogen-bond donors (Lipinski definition) is 2. The van der Waals surface area contributed by atoms with Crippen molar-refractivity contribution >= 4 is 17.4 Å². The predicted octanol–water partition coefficient (Wildman–Crippen LogP) is 3.84. The summed E-state index contributed by atoms with van der Waals surface area (Å²) in [5.41, 5.74) is 9.73. The summed E-state index contributed by atoms with van der Waals surface area (Å²) in [6.07, 6.45) is 0.161. The van der Waals surface area contributed by atoms with E-state index in [-0.39, 0.29) is 24.3 Å². The van der Waals surface area contributed by atoms with Gasteiger partial charge >= 0.3 is 0 Å². The van der Waals surface area contributed by atoms with Gasteiger partial charge in [-0.15, -0.1) is 0 Å². The SMILES string of the molecule is N#Cc1ccc(F)c(CC(N)c2ccccc2-c2noc3ccccc23)n1.O=CO. The van der Waals surface area contributed by atoms with E-state index in [0.717, 1.165) is 16.5 Å². The molecule has 0 saturated carbocycles. The van der Waals surface area contributed by atoms with Gasteiger partial charge in [0.05, 0.1) is 5.69 Å². The molecular weight excluding hydrogens is 387 g/mol. The number of nitrogens with two attached hydrogens (primary N) is 1. The third-order valence-corrected chi connectivity index (χ3v) is 4.44. The molecule has 4 rings (SSSR count). The Balaban J connectivity index is 0.000000806.